The first-order valence-corrected chi connectivity index (χ1v) is 10.2. The van der Waals surface area contributed by atoms with Gasteiger partial charge in [0.15, 0.2) is 5.11 Å². The van der Waals surface area contributed by atoms with E-state index in [0.717, 1.165) is 42.0 Å². The lowest BCUT2D eigenvalue weighted by Crippen LogP contribution is -2.37. The summed E-state index contributed by atoms with van der Waals surface area (Å²) in [4.78, 5) is 10.7. The van der Waals surface area contributed by atoms with Gasteiger partial charge < -0.3 is 19.9 Å². The molecule has 0 bridgehead atoms. The van der Waals surface area contributed by atoms with Crippen LogP contribution in [0.4, 0.5) is 0 Å². The van der Waals surface area contributed by atoms with Crippen LogP contribution >= 0.6 is 24.0 Å². The van der Waals surface area contributed by atoms with Crippen molar-refractivity contribution in [3.63, 3.8) is 0 Å². The molecule has 1 fully saturated rings. The van der Waals surface area contributed by atoms with E-state index in [1.807, 2.05) is 25.1 Å². The van der Waals surface area contributed by atoms with Crippen molar-refractivity contribution in [1.29, 1.82) is 0 Å². The first kappa shape index (κ1) is 21.5. The fraction of sp³-hybridized carbons (Fsp3) is 0.500. The molecule has 1 aliphatic rings. The average molecular weight is 412 g/mol. The van der Waals surface area contributed by atoms with E-state index in [1.54, 1.807) is 7.11 Å². The van der Waals surface area contributed by atoms with Crippen LogP contribution in [0.15, 0.2) is 23.3 Å². The summed E-state index contributed by atoms with van der Waals surface area (Å²) in [5.74, 6) is 0.491. The van der Waals surface area contributed by atoms with E-state index in [-0.39, 0.29) is 11.9 Å². The molecule has 9 heteroatoms. The number of nitrogens with one attached hydrogen (secondary N) is 2. The number of carboxylic acids is 1. The fourth-order valence-electron chi connectivity index (χ4n) is 2.62. The topological polar surface area (TPSA) is 92.2 Å². The first-order valence-electron chi connectivity index (χ1n) is 8.66. The van der Waals surface area contributed by atoms with Crippen LogP contribution in [0.3, 0.4) is 0 Å². The SMILES string of the molecule is COc1ccc(/C(C)=N\NC(=S)NC[C@H]2CCCO2)cc1CSCC(=O)O. The minimum atomic E-state index is -0.832. The molecule has 0 radical (unpaired) electrons. The van der Waals surface area contributed by atoms with E-state index in [2.05, 4.69) is 15.8 Å². The van der Waals surface area contributed by atoms with Crippen LogP contribution in [0.2, 0.25) is 0 Å². The molecular formula is C18H25N3O4S2. The number of methoxy groups -OCH3 is 1. The summed E-state index contributed by atoms with van der Waals surface area (Å²) in [6.07, 6.45) is 2.35. The van der Waals surface area contributed by atoms with E-state index < -0.39 is 5.97 Å². The van der Waals surface area contributed by atoms with Gasteiger partial charge in [-0.15, -0.1) is 11.8 Å². The van der Waals surface area contributed by atoms with Crippen molar-refractivity contribution in [3.05, 3.63) is 29.3 Å². The molecule has 0 amide bonds. The van der Waals surface area contributed by atoms with E-state index in [0.29, 0.717) is 17.4 Å². The molecular weight excluding hydrogens is 386 g/mol. The molecule has 1 aromatic carbocycles. The number of nitrogens with zero attached hydrogens (tertiary/aromatic N) is 1. The summed E-state index contributed by atoms with van der Waals surface area (Å²) < 4.78 is 10.9. The van der Waals surface area contributed by atoms with Crippen molar-refractivity contribution in [3.8, 4) is 5.75 Å². The zero-order valence-electron chi connectivity index (χ0n) is 15.5. The molecule has 1 saturated heterocycles. The highest BCUT2D eigenvalue weighted by molar-refractivity contribution is 7.99. The Bertz CT molecular complexity index is 691. The molecule has 0 aromatic heterocycles. The van der Waals surface area contributed by atoms with Gasteiger partial charge in [0.2, 0.25) is 0 Å². The van der Waals surface area contributed by atoms with Crippen LogP contribution in [0, 0.1) is 0 Å². The number of rotatable bonds is 9. The number of carbonyl (C=O) groups is 1. The molecule has 2 rings (SSSR count). The molecule has 148 valence electrons. The molecule has 3 N–H and O–H groups in total. The van der Waals surface area contributed by atoms with Crippen LogP contribution in [-0.4, -0.2) is 54.0 Å². The number of carboxylic acid groups (broad SMARTS) is 1. The van der Waals surface area contributed by atoms with Crippen LogP contribution in [-0.2, 0) is 15.3 Å². The first-order chi connectivity index (χ1) is 13.0. The molecule has 0 saturated carbocycles. The lowest BCUT2D eigenvalue weighted by Gasteiger charge is -2.13. The van der Waals surface area contributed by atoms with Crippen LogP contribution in [0.25, 0.3) is 0 Å². The fourth-order valence-corrected chi connectivity index (χ4v) is 3.47. The second-order valence-corrected chi connectivity index (χ2v) is 7.46. The number of aliphatic carboxylic acids is 1. The number of hydrogen-bond donors (Lipinski definition) is 3. The number of hydrazone groups is 1. The Labute approximate surface area is 168 Å². The van der Waals surface area contributed by atoms with E-state index in [4.69, 9.17) is 26.8 Å². The highest BCUT2D eigenvalue weighted by atomic mass is 32.2. The molecule has 0 unspecified atom stereocenters. The third-order valence-corrected chi connectivity index (χ3v) is 5.22. The number of hydrogen-bond acceptors (Lipinski definition) is 6. The third-order valence-electron chi connectivity index (χ3n) is 4.02. The number of thioether (sulfide) groups is 1. The van der Waals surface area contributed by atoms with Crippen molar-refractivity contribution < 1.29 is 19.4 Å². The van der Waals surface area contributed by atoms with Gasteiger partial charge in [0, 0.05) is 24.5 Å². The number of benzene rings is 1. The Hall–Kier alpha value is -1.84. The maximum Gasteiger partial charge on any atom is 0.313 e. The van der Waals surface area contributed by atoms with Gasteiger partial charge in [0.05, 0.1) is 24.7 Å². The number of thiocarbonyl (C=S) groups is 1. The molecule has 0 spiro atoms. The Kier molecular flexibility index (Phi) is 8.83. The lowest BCUT2D eigenvalue weighted by molar-refractivity contribution is -0.133. The van der Waals surface area contributed by atoms with Gasteiger partial charge in [-0.2, -0.15) is 5.10 Å². The van der Waals surface area contributed by atoms with E-state index >= 15 is 0 Å². The predicted octanol–water partition coefficient (Wildman–Crippen LogP) is 2.38. The molecule has 1 heterocycles. The minimum Gasteiger partial charge on any atom is -0.496 e. The van der Waals surface area contributed by atoms with Gasteiger partial charge in [-0.1, -0.05) is 0 Å². The molecule has 7 nitrogen and oxygen atoms in total. The Morgan fingerprint density at radius 3 is 3.00 bits per heavy atom. The standard InChI is InChI=1S/C18H25N3O4S2/c1-12(20-21-18(26)19-9-15-4-3-7-25-15)13-5-6-16(24-2)14(8-13)10-27-11-17(22)23/h5-6,8,15H,3-4,7,9-11H2,1-2H3,(H,22,23)(H2,19,21,26)/b20-12-/t15-/m1/s1. The third kappa shape index (κ3) is 7.36. The average Bonchev–Trinajstić information content (AvgIpc) is 3.17. The highest BCUT2D eigenvalue weighted by Gasteiger charge is 2.15. The van der Waals surface area contributed by atoms with Crippen LogP contribution < -0.4 is 15.5 Å². The van der Waals surface area contributed by atoms with Gasteiger partial charge in [0.25, 0.3) is 0 Å². The summed E-state index contributed by atoms with van der Waals surface area (Å²) in [6.45, 7) is 3.37. The summed E-state index contributed by atoms with van der Waals surface area (Å²) in [5, 5.41) is 16.7. The molecule has 27 heavy (non-hydrogen) atoms. The molecule has 1 aromatic rings. The zero-order chi connectivity index (χ0) is 19.6. The zero-order valence-corrected chi connectivity index (χ0v) is 17.1. The van der Waals surface area contributed by atoms with Crippen LogP contribution in [0.5, 0.6) is 5.75 Å². The lowest BCUT2D eigenvalue weighted by atomic mass is 10.1. The minimum absolute atomic E-state index is 0.0483. The normalized spacial score (nSPS) is 16.8. The summed E-state index contributed by atoms with van der Waals surface area (Å²) in [6, 6.07) is 5.73. The maximum absolute atomic E-state index is 10.7. The monoisotopic (exact) mass is 411 g/mol. The summed E-state index contributed by atoms with van der Waals surface area (Å²) >= 11 is 6.56. The quantitative estimate of drug-likeness (QED) is 0.324. The summed E-state index contributed by atoms with van der Waals surface area (Å²) in [5.41, 5.74) is 5.46. The van der Waals surface area contributed by atoms with Crippen molar-refractivity contribution in [2.24, 2.45) is 5.10 Å². The van der Waals surface area contributed by atoms with Gasteiger partial charge in [-0.3, -0.25) is 10.2 Å². The second kappa shape index (κ2) is 11.1. The predicted molar refractivity (Wildman–Crippen MR) is 112 cm³/mol. The maximum atomic E-state index is 10.7. The smallest absolute Gasteiger partial charge is 0.313 e. The van der Waals surface area contributed by atoms with Crippen molar-refractivity contribution in [1.82, 2.24) is 10.7 Å². The Balaban J connectivity index is 1.92. The largest absolute Gasteiger partial charge is 0.496 e. The van der Waals surface area contributed by atoms with Crippen LogP contribution in [0.1, 0.15) is 30.9 Å². The highest BCUT2D eigenvalue weighted by Crippen LogP contribution is 2.25. The summed E-state index contributed by atoms with van der Waals surface area (Å²) in [7, 11) is 1.60. The van der Waals surface area contributed by atoms with Gasteiger partial charge in [0.1, 0.15) is 5.75 Å². The number of ether oxygens (including phenoxy) is 2. The Morgan fingerprint density at radius 2 is 2.33 bits per heavy atom. The molecule has 1 aliphatic heterocycles. The van der Waals surface area contributed by atoms with Crippen molar-refractivity contribution in [2.75, 3.05) is 26.0 Å². The van der Waals surface area contributed by atoms with E-state index in [9.17, 15) is 4.79 Å². The van der Waals surface area contributed by atoms with Gasteiger partial charge >= 0.3 is 5.97 Å². The molecule has 1 atom stereocenters. The Morgan fingerprint density at radius 1 is 1.52 bits per heavy atom. The van der Waals surface area contributed by atoms with E-state index in [1.165, 1.54) is 11.8 Å². The van der Waals surface area contributed by atoms with Gasteiger partial charge in [-0.25, -0.2) is 0 Å². The van der Waals surface area contributed by atoms with Gasteiger partial charge in [-0.05, 0) is 55.7 Å². The molecule has 0 aliphatic carbocycles. The van der Waals surface area contributed by atoms with Crippen molar-refractivity contribution in [2.45, 2.75) is 31.6 Å². The second-order valence-electron chi connectivity index (χ2n) is 6.07. The van der Waals surface area contributed by atoms with Crippen molar-refractivity contribution >= 4 is 40.8 Å².